The summed E-state index contributed by atoms with van der Waals surface area (Å²) in [5.74, 6) is 0.0506. The summed E-state index contributed by atoms with van der Waals surface area (Å²) < 4.78 is 1.94. The Balaban J connectivity index is 1.66. The van der Waals surface area contributed by atoms with Gasteiger partial charge in [0.25, 0.3) is 5.91 Å². The van der Waals surface area contributed by atoms with E-state index < -0.39 is 0 Å². The van der Waals surface area contributed by atoms with Crippen LogP contribution in [0.4, 0.5) is 0 Å². The molecule has 1 amide bonds. The first-order valence-electron chi connectivity index (χ1n) is 8.15. The Kier molecular flexibility index (Phi) is 3.58. The number of piperidine rings is 1. The van der Waals surface area contributed by atoms with E-state index in [9.17, 15) is 4.79 Å². The van der Waals surface area contributed by atoms with Crippen molar-refractivity contribution in [2.45, 2.75) is 19.3 Å². The number of carbonyl (C=O) groups excluding carboxylic acids is 1. The van der Waals surface area contributed by atoms with Crippen molar-refractivity contribution in [3.8, 4) is 11.1 Å². The topological polar surface area (TPSA) is 37.6 Å². The molecule has 0 bridgehead atoms. The van der Waals surface area contributed by atoms with Crippen molar-refractivity contribution in [3.05, 3.63) is 60.6 Å². The van der Waals surface area contributed by atoms with Gasteiger partial charge in [-0.05, 0) is 42.5 Å². The van der Waals surface area contributed by atoms with Gasteiger partial charge in [-0.15, -0.1) is 0 Å². The number of pyridine rings is 1. The van der Waals surface area contributed by atoms with E-state index in [4.69, 9.17) is 0 Å². The minimum Gasteiger partial charge on any atom is -0.337 e. The quantitative estimate of drug-likeness (QED) is 0.725. The standard InChI is InChI=1S/C19H19N3O/c23-19(21-11-5-2-6-12-21)17-14-22-13-16(9-10-18(22)20-17)15-7-3-1-4-8-15/h1,3-4,7-10,13-14H,2,5-6,11-12H2. The van der Waals surface area contributed by atoms with Gasteiger partial charge in [0.2, 0.25) is 0 Å². The van der Waals surface area contributed by atoms with E-state index in [-0.39, 0.29) is 5.91 Å². The highest BCUT2D eigenvalue weighted by molar-refractivity contribution is 5.93. The maximum atomic E-state index is 12.6. The van der Waals surface area contributed by atoms with Crippen molar-refractivity contribution in [1.29, 1.82) is 0 Å². The molecular formula is C19H19N3O. The zero-order valence-corrected chi connectivity index (χ0v) is 13.0. The monoisotopic (exact) mass is 305 g/mol. The fourth-order valence-corrected chi connectivity index (χ4v) is 3.16. The minimum atomic E-state index is 0.0506. The van der Waals surface area contributed by atoms with Crippen molar-refractivity contribution < 1.29 is 4.79 Å². The normalized spacial score (nSPS) is 15.0. The molecule has 0 unspecified atom stereocenters. The fraction of sp³-hybridized carbons (Fsp3) is 0.263. The molecular weight excluding hydrogens is 286 g/mol. The highest BCUT2D eigenvalue weighted by Gasteiger charge is 2.20. The molecule has 0 atom stereocenters. The predicted octanol–water partition coefficient (Wildman–Crippen LogP) is 3.63. The summed E-state index contributed by atoms with van der Waals surface area (Å²) in [6, 6.07) is 14.2. The second kappa shape index (κ2) is 5.88. The molecule has 4 heteroatoms. The number of amides is 1. The highest BCUT2D eigenvalue weighted by Crippen LogP contribution is 2.20. The molecule has 23 heavy (non-hydrogen) atoms. The number of rotatable bonds is 2. The number of aromatic nitrogens is 2. The Morgan fingerprint density at radius 3 is 2.43 bits per heavy atom. The molecule has 0 radical (unpaired) electrons. The van der Waals surface area contributed by atoms with Gasteiger partial charge < -0.3 is 9.30 Å². The summed E-state index contributed by atoms with van der Waals surface area (Å²) in [6.07, 6.45) is 7.28. The average molecular weight is 305 g/mol. The van der Waals surface area contributed by atoms with Gasteiger partial charge in [0, 0.05) is 25.5 Å². The van der Waals surface area contributed by atoms with Crippen LogP contribution < -0.4 is 0 Å². The average Bonchev–Trinajstić information content (AvgIpc) is 3.06. The first-order chi connectivity index (χ1) is 11.3. The maximum Gasteiger partial charge on any atom is 0.274 e. The number of benzene rings is 1. The lowest BCUT2D eigenvalue weighted by atomic mass is 10.1. The smallest absolute Gasteiger partial charge is 0.274 e. The third-order valence-corrected chi connectivity index (χ3v) is 4.42. The zero-order chi connectivity index (χ0) is 15.6. The van der Waals surface area contributed by atoms with E-state index in [1.807, 2.05) is 52.0 Å². The van der Waals surface area contributed by atoms with E-state index in [1.54, 1.807) is 0 Å². The van der Waals surface area contributed by atoms with Crippen molar-refractivity contribution >= 4 is 11.6 Å². The second-order valence-corrected chi connectivity index (χ2v) is 6.03. The van der Waals surface area contributed by atoms with Crippen LogP contribution in [0.2, 0.25) is 0 Å². The molecule has 4 rings (SSSR count). The number of nitrogens with zero attached hydrogens (tertiary/aromatic N) is 3. The van der Waals surface area contributed by atoms with Crippen LogP contribution >= 0.6 is 0 Å². The summed E-state index contributed by atoms with van der Waals surface area (Å²) in [7, 11) is 0. The van der Waals surface area contributed by atoms with Crippen molar-refractivity contribution in [1.82, 2.24) is 14.3 Å². The summed E-state index contributed by atoms with van der Waals surface area (Å²) in [5, 5.41) is 0. The summed E-state index contributed by atoms with van der Waals surface area (Å²) in [6.45, 7) is 1.70. The van der Waals surface area contributed by atoms with Gasteiger partial charge in [-0.3, -0.25) is 4.79 Å². The summed E-state index contributed by atoms with van der Waals surface area (Å²) in [5.41, 5.74) is 3.63. The van der Waals surface area contributed by atoms with E-state index >= 15 is 0 Å². The van der Waals surface area contributed by atoms with Gasteiger partial charge >= 0.3 is 0 Å². The van der Waals surface area contributed by atoms with Crippen LogP contribution in [0.1, 0.15) is 29.8 Å². The van der Waals surface area contributed by atoms with Crippen LogP contribution in [-0.4, -0.2) is 33.3 Å². The Hall–Kier alpha value is -2.62. The van der Waals surface area contributed by atoms with Crippen LogP contribution in [-0.2, 0) is 0 Å². The highest BCUT2D eigenvalue weighted by atomic mass is 16.2. The molecule has 4 nitrogen and oxygen atoms in total. The first kappa shape index (κ1) is 14.0. The number of likely N-dealkylation sites (tertiary alicyclic amines) is 1. The van der Waals surface area contributed by atoms with Gasteiger partial charge in [-0.1, -0.05) is 30.3 Å². The number of hydrogen-bond acceptors (Lipinski definition) is 2. The Bertz CT molecular complexity index is 832. The van der Waals surface area contributed by atoms with Gasteiger partial charge in [-0.25, -0.2) is 4.98 Å². The third-order valence-electron chi connectivity index (χ3n) is 4.42. The second-order valence-electron chi connectivity index (χ2n) is 6.03. The van der Waals surface area contributed by atoms with Crippen LogP contribution in [0.15, 0.2) is 54.9 Å². The maximum absolute atomic E-state index is 12.6. The largest absolute Gasteiger partial charge is 0.337 e. The van der Waals surface area contributed by atoms with Gasteiger partial charge in [0.15, 0.2) is 0 Å². The molecule has 0 N–H and O–H groups in total. The molecule has 2 aromatic heterocycles. The number of fused-ring (bicyclic) bond motifs is 1. The lowest BCUT2D eigenvalue weighted by Gasteiger charge is -2.25. The summed E-state index contributed by atoms with van der Waals surface area (Å²) in [4.78, 5) is 19.0. The number of carbonyl (C=O) groups is 1. The van der Waals surface area contributed by atoms with Crippen LogP contribution in [0, 0.1) is 0 Å². The molecule has 1 saturated heterocycles. The van der Waals surface area contributed by atoms with Crippen LogP contribution in [0.3, 0.4) is 0 Å². The number of hydrogen-bond donors (Lipinski definition) is 0. The van der Waals surface area contributed by atoms with E-state index in [2.05, 4.69) is 17.1 Å². The van der Waals surface area contributed by atoms with Crippen molar-refractivity contribution in [2.24, 2.45) is 0 Å². The minimum absolute atomic E-state index is 0.0506. The Morgan fingerprint density at radius 1 is 0.870 bits per heavy atom. The van der Waals surface area contributed by atoms with Gasteiger partial charge in [0.1, 0.15) is 11.3 Å². The van der Waals surface area contributed by atoms with E-state index in [0.29, 0.717) is 5.69 Å². The molecule has 1 aliphatic heterocycles. The van der Waals surface area contributed by atoms with Crippen LogP contribution in [0.5, 0.6) is 0 Å². The van der Waals surface area contributed by atoms with Gasteiger partial charge in [0.05, 0.1) is 0 Å². The molecule has 116 valence electrons. The molecule has 0 saturated carbocycles. The fourth-order valence-electron chi connectivity index (χ4n) is 3.16. The van der Waals surface area contributed by atoms with Gasteiger partial charge in [-0.2, -0.15) is 0 Å². The SMILES string of the molecule is O=C(c1cn2cc(-c3ccccc3)ccc2n1)N1CCCCC1. The van der Waals surface area contributed by atoms with Crippen molar-refractivity contribution in [3.63, 3.8) is 0 Å². The summed E-state index contributed by atoms with van der Waals surface area (Å²) >= 11 is 0. The molecule has 1 aliphatic rings. The molecule has 0 aliphatic carbocycles. The number of imidazole rings is 1. The van der Waals surface area contributed by atoms with E-state index in [1.165, 1.54) is 6.42 Å². The molecule has 3 aromatic rings. The lowest BCUT2D eigenvalue weighted by molar-refractivity contribution is 0.0719. The zero-order valence-electron chi connectivity index (χ0n) is 13.0. The predicted molar refractivity (Wildman–Crippen MR) is 90.4 cm³/mol. The first-order valence-corrected chi connectivity index (χ1v) is 8.15. The third kappa shape index (κ3) is 2.72. The van der Waals surface area contributed by atoms with Crippen LogP contribution in [0.25, 0.3) is 16.8 Å². The molecule has 0 spiro atoms. The van der Waals surface area contributed by atoms with Crippen molar-refractivity contribution in [2.75, 3.05) is 13.1 Å². The van der Waals surface area contributed by atoms with E-state index in [0.717, 1.165) is 42.7 Å². The molecule has 1 aromatic carbocycles. The Morgan fingerprint density at radius 2 is 1.65 bits per heavy atom. The Labute approximate surface area is 135 Å². The molecule has 1 fully saturated rings. The molecule has 3 heterocycles. The lowest BCUT2D eigenvalue weighted by Crippen LogP contribution is -2.35.